The quantitative estimate of drug-likeness (QED) is 0.580. The molecule has 0 atom stereocenters. The lowest BCUT2D eigenvalue weighted by Gasteiger charge is -2.04. The van der Waals surface area contributed by atoms with Crippen LogP contribution in [0.25, 0.3) is 0 Å². The molecule has 88 valence electrons. The van der Waals surface area contributed by atoms with Crippen LogP contribution in [0.4, 0.5) is 0 Å². The largest absolute Gasteiger partial charge is 0.490 e. The second-order valence-electron chi connectivity index (χ2n) is 2.62. The van der Waals surface area contributed by atoms with Crippen LogP contribution in [0.1, 0.15) is 24.2 Å². The highest BCUT2D eigenvalue weighted by atomic mass is 16.5. The Labute approximate surface area is 96.7 Å². The summed E-state index contributed by atoms with van der Waals surface area (Å²) in [7, 11) is 1.35. The predicted molar refractivity (Wildman–Crippen MR) is 64.8 cm³/mol. The highest BCUT2D eigenvalue weighted by molar-refractivity contribution is 5.89. The number of esters is 1. The number of hydrogen-bond donors (Lipinski definition) is 0. The summed E-state index contributed by atoms with van der Waals surface area (Å²) in [6.45, 7) is 7.95. The van der Waals surface area contributed by atoms with Crippen molar-refractivity contribution < 1.29 is 14.3 Å². The van der Waals surface area contributed by atoms with E-state index >= 15 is 0 Å². The third kappa shape index (κ3) is 4.64. The van der Waals surface area contributed by atoms with Gasteiger partial charge in [0.25, 0.3) is 0 Å². The molecule has 0 saturated carbocycles. The normalized spacial score (nSPS) is 8.44. The fourth-order valence-electron chi connectivity index (χ4n) is 0.986. The summed E-state index contributed by atoms with van der Waals surface area (Å²) in [4.78, 5) is 11.1. The van der Waals surface area contributed by atoms with Gasteiger partial charge in [-0.15, -0.1) is 0 Å². The van der Waals surface area contributed by atoms with Gasteiger partial charge in [-0.05, 0) is 18.2 Å². The van der Waals surface area contributed by atoms with Gasteiger partial charge in [-0.2, -0.15) is 0 Å². The monoisotopic (exact) mass is 222 g/mol. The third-order valence-electron chi connectivity index (χ3n) is 1.62. The Morgan fingerprint density at radius 1 is 1.44 bits per heavy atom. The van der Waals surface area contributed by atoms with E-state index in [9.17, 15) is 4.79 Å². The summed E-state index contributed by atoms with van der Waals surface area (Å²) in [6, 6.07) is 6.82. The lowest BCUT2D eigenvalue weighted by Crippen LogP contribution is -2.01. The minimum Gasteiger partial charge on any atom is -0.490 e. The number of rotatable bonds is 4. The van der Waals surface area contributed by atoms with Crippen LogP contribution in [-0.2, 0) is 4.74 Å². The highest BCUT2D eigenvalue weighted by Gasteiger charge is 2.05. The molecule has 0 bridgehead atoms. The fraction of sp³-hybridized carbons (Fsp3) is 0.308. The van der Waals surface area contributed by atoms with Crippen molar-refractivity contribution in [3.63, 3.8) is 0 Å². The van der Waals surface area contributed by atoms with Crippen molar-refractivity contribution in [1.29, 1.82) is 0 Å². The molecule has 1 rings (SSSR count). The molecule has 0 aromatic heterocycles. The molecule has 3 nitrogen and oxygen atoms in total. The molecule has 0 radical (unpaired) electrons. The Morgan fingerprint density at radius 2 is 2.12 bits per heavy atom. The van der Waals surface area contributed by atoms with E-state index in [4.69, 9.17) is 4.74 Å². The Hall–Kier alpha value is -1.77. The number of carbonyl (C=O) groups excluding carboxylic acids is 1. The summed E-state index contributed by atoms with van der Waals surface area (Å²) in [5, 5.41) is 0. The maximum Gasteiger partial charge on any atom is 0.337 e. The zero-order valence-corrected chi connectivity index (χ0v) is 10.0. The zero-order valence-electron chi connectivity index (χ0n) is 10.0. The first-order valence-electron chi connectivity index (χ1n) is 5.20. The number of ether oxygens (including phenoxy) is 2. The Balaban J connectivity index is 0.00000106. The number of benzene rings is 1. The van der Waals surface area contributed by atoms with Crippen LogP contribution in [0, 0.1) is 0 Å². The van der Waals surface area contributed by atoms with Crippen LogP contribution in [0.2, 0.25) is 0 Å². The topological polar surface area (TPSA) is 35.5 Å². The second kappa shape index (κ2) is 8.53. The smallest absolute Gasteiger partial charge is 0.337 e. The van der Waals surface area contributed by atoms with Crippen molar-refractivity contribution in [2.24, 2.45) is 0 Å². The molecular weight excluding hydrogens is 204 g/mol. The molecule has 0 heterocycles. The summed E-state index contributed by atoms with van der Waals surface area (Å²) >= 11 is 0. The van der Waals surface area contributed by atoms with Crippen LogP contribution in [0.3, 0.4) is 0 Å². The standard InChI is InChI=1S/C11H12O3.C2H6/c1-3-7-14-10-6-4-5-9(8-10)11(12)13-2;1-2/h3-6,8H,1,7H2,2H3;1-2H3. The van der Waals surface area contributed by atoms with Crippen molar-refractivity contribution in [3.8, 4) is 5.75 Å². The van der Waals surface area contributed by atoms with Crippen molar-refractivity contribution in [1.82, 2.24) is 0 Å². The lowest BCUT2D eigenvalue weighted by molar-refractivity contribution is 0.0600. The van der Waals surface area contributed by atoms with Crippen molar-refractivity contribution in [2.45, 2.75) is 13.8 Å². The van der Waals surface area contributed by atoms with Gasteiger partial charge in [-0.25, -0.2) is 4.79 Å². The molecule has 0 amide bonds. The molecule has 3 heteroatoms. The van der Waals surface area contributed by atoms with Crippen LogP contribution < -0.4 is 4.74 Å². The maximum atomic E-state index is 11.1. The number of methoxy groups -OCH3 is 1. The van der Waals surface area contributed by atoms with E-state index in [2.05, 4.69) is 11.3 Å². The first kappa shape index (κ1) is 14.2. The first-order valence-corrected chi connectivity index (χ1v) is 5.20. The summed E-state index contributed by atoms with van der Waals surface area (Å²) in [5.74, 6) is 0.266. The Kier molecular flexibility index (Phi) is 7.59. The SMILES string of the molecule is C=CCOc1cccc(C(=O)OC)c1.CC. The molecule has 0 saturated heterocycles. The molecule has 0 fully saturated rings. The van der Waals surface area contributed by atoms with E-state index < -0.39 is 0 Å². The number of carbonyl (C=O) groups is 1. The third-order valence-corrected chi connectivity index (χ3v) is 1.62. The average molecular weight is 222 g/mol. The Bertz CT molecular complexity index is 332. The van der Waals surface area contributed by atoms with Gasteiger partial charge in [0.05, 0.1) is 12.7 Å². The Morgan fingerprint density at radius 3 is 2.69 bits per heavy atom. The van der Waals surface area contributed by atoms with Crippen LogP contribution in [0.5, 0.6) is 5.75 Å². The molecule has 0 aliphatic rings. The van der Waals surface area contributed by atoms with Crippen LogP contribution in [-0.4, -0.2) is 19.7 Å². The molecule has 0 aliphatic carbocycles. The van der Waals surface area contributed by atoms with E-state index in [-0.39, 0.29) is 5.97 Å². The van der Waals surface area contributed by atoms with Crippen LogP contribution in [0.15, 0.2) is 36.9 Å². The molecular formula is C13H18O3. The summed E-state index contributed by atoms with van der Waals surface area (Å²) < 4.78 is 9.85. The first-order chi connectivity index (χ1) is 7.77. The van der Waals surface area contributed by atoms with Gasteiger partial charge in [0, 0.05) is 0 Å². The van der Waals surface area contributed by atoms with E-state index in [1.807, 2.05) is 13.8 Å². The second-order valence-corrected chi connectivity index (χ2v) is 2.62. The number of hydrogen-bond acceptors (Lipinski definition) is 3. The molecule has 0 unspecified atom stereocenters. The van der Waals surface area contributed by atoms with E-state index in [0.29, 0.717) is 17.9 Å². The molecule has 1 aromatic rings. The van der Waals surface area contributed by atoms with E-state index in [1.54, 1.807) is 30.3 Å². The predicted octanol–water partition coefficient (Wildman–Crippen LogP) is 3.06. The van der Waals surface area contributed by atoms with Crippen LogP contribution >= 0.6 is 0 Å². The lowest BCUT2D eigenvalue weighted by atomic mass is 10.2. The summed E-state index contributed by atoms with van der Waals surface area (Å²) in [5.41, 5.74) is 0.481. The highest BCUT2D eigenvalue weighted by Crippen LogP contribution is 2.13. The van der Waals surface area contributed by atoms with Gasteiger partial charge in [0.1, 0.15) is 12.4 Å². The maximum absolute atomic E-state index is 11.1. The van der Waals surface area contributed by atoms with Gasteiger partial charge in [0.2, 0.25) is 0 Å². The van der Waals surface area contributed by atoms with Gasteiger partial charge in [0.15, 0.2) is 0 Å². The van der Waals surface area contributed by atoms with Gasteiger partial charge < -0.3 is 9.47 Å². The molecule has 0 N–H and O–H groups in total. The fourth-order valence-corrected chi connectivity index (χ4v) is 0.986. The van der Waals surface area contributed by atoms with Gasteiger partial charge in [-0.3, -0.25) is 0 Å². The molecule has 1 aromatic carbocycles. The minimum absolute atomic E-state index is 0.367. The van der Waals surface area contributed by atoms with E-state index in [1.165, 1.54) is 7.11 Å². The van der Waals surface area contributed by atoms with Gasteiger partial charge in [-0.1, -0.05) is 32.6 Å². The minimum atomic E-state index is -0.367. The average Bonchev–Trinajstić information content (AvgIpc) is 2.38. The zero-order chi connectivity index (χ0) is 12.4. The van der Waals surface area contributed by atoms with E-state index in [0.717, 1.165) is 0 Å². The van der Waals surface area contributed by atoms with Crippen molar-refractivity contribution in [3.05, 3.63) is 42.5 Å². The molecule has 16 heavy (non-hydrogen) atoms. The van der Waals surface area contributed by atoms with Crippen molar-refractivity contribution >= 4 is 5.97 Å². The molecule has 0 aliphatic heterocycles. The molecule has 0 spiro atoms. The van der Waals surface area contributed by atoms with Crippen molar-refractivity contribution in [2.75, 3.05) is 13.7 Å². The van der Waals surface area contributed by atoms with Gasteiger partial charge >= 0.3 is 5.97 Å². The summed E-state index contributed by atoms with van der Waals surface area (Å²) in [6.07, 6.45) is 1.64.